The van der Waals surface area contributed by atoms with Gasteiger partial charge >= 0.3 is 0 Å². The van der Waals surface area contributed by atoms with Crippen LogP contribution in [0.5, 0.6) is 5.75 Å². The second kappa shape index (κ2) is 6.55. The zero-order valence-corrected chi connectivity index (χ0v) is 14.2. The summed E-state index contributed by atoms with van der Waals surface area (Å²) in [5.74, 6) is 0.823. The van der Waals surface area contributed by atoms with E-state index in [1.165, 1.54) is 11.1 Å². The van der Waals surface area contributed by atoms with Crippen LogP contribution in [0.15, 0.2) is 36.4 Å². The van der Waals surface area contributed by atoms with E-state index < -0.39 is 6.10 Å². The zero-order valence-electron chi connectivity index (χ0n) is 14.2. The first-order valence-corrected chi connectivity index (χ1v) is 8.00. The van der Waals surface area contributed by atoms with Gasteiger partial charge in [0.25, 0.3) is 5.91 Å². The number of benzene rings is 1. The van der Waals surface area contributed by atoms with Gasteiger partial charge in [0.15, 0.2) is 6.10 Å². The summed E-state index contributed by atoms with van der Waals surface area (Å²) in [5, 5.41) is 0. The molecule has 1 aliphatic rings. The van der Waals surface area contributed by atoms with Crippen molar-refractivity contribution in [2.24, 2.45) is 0 Å². The SMILES string of the molecule is C=C1CCN(C(=O)C(C)Oc2cccc(C(C)(C)C)c2)CC1. The van der Waals surface area contributed by atoms with Gasteiger partial charge in [-0.3, -0.25) is 4.79 Å². The largest absolute Gasteiger partial charge is 0.481 e. The number of likely N-dealkylation sites (tertiary alicyclic amines) is 1. The molecule has 3 heteroatoms. The molecule has 0 radical (unpaired) electrons. The molecule has 2 rings (SSSR count). The summed E-state index contributed by atoms with van der Waals surface area (Å²) in [4.78, 5) is 14.3. The summed E-state index contributed by atoms with van der Waals surface area (Å²) in [6.45, 7) is 13.8. The zero-order chi connectivity index (χ0) is 16.3. The van der Waals surface area contributed by atoms with Gasteiger partial charge in [-0.1, -0.05) is 45.1 Å². The van der Waals surface area contributed by atoms with E-state index in [0.29, 0.717) is 0 Å². The molecule has 1 heterocycles. The number of rotatable bonds is 3. The van der Waals surface area contributed by atoms with Crippen LogP contribution in [0.3, 0.4) is 0 Å². The Kier molecular flexibility index (Phi) is 4.94. The Bertz CT molecular complexity index is 547. The minimum Gasteiger partial charge on any atom is -0.481 e. The van der Waals surface area contributed by atoms with Gasteiger partial charge in [0, 0.05) is 13.1 Å². The van der Waals surface area contributed by atoms with E-state index >= 15 is 0 Å². The van der Waals surface area contributed by atoms with Crippen molar-refractivity contribution in [1.29, 1.82) is 0 Å². The van der Waals surface area contributed by atoms with Crippen LogP contribution < -0.4 is 4.74 Å². The molecule has 1 atom stereocenters. The lowest BCUT2D eigenvalue weighted by Gasteiger charge is -2.30. The molecule has 1 aromatic carbocycles. The molecule has 22 heavy (non-hydrogen) atoms. The van der Waals surface area contributed by atoms with Gasteiger partial charge in [0.05, 0.1) is 0 Å². The van der Waals surface area contributed by atoms with Crippen molar-refractivity contribution in [3.05, 3.63) is 42.0 Å². The van der Waals surface area contributed by atoms with Crippen molar-refractivity contribution in [3.8, 4) is 5.75 Å². The van der Waals surface area contributed by atoms with Crippen molar-refractivity contribution >= 4 is 5.91 Å². The predicted octanol–water partition coefficient (Wildman–Crippen LogP) is 3.93. The molecule has 1 fully saturated rings. The molecule has 0 saturated carbocycles. The van der Waals surface area contributed by atoms with E-state index in [4.69, 9.17) is 4.74 Å². The van der Waals surface area contributed by atoms with E-state index in [9.17, 15) is 4.79 Å². The lowest BCUT2D eigenvalue weighted by molar-refractivity contribution is -0.138. The van der Waals surface area contributed by atoms with Crippen molar-refractivity contribution in [2.75, 3.05) is 13.1 Å². The third kappa shape index (κ3) is 4.12. The Morgan fingerprint density at radius 3 is 2.50 bits per heavy atom. The molecule has 120 valence electrons. The van der Waals surface area contributed by atoms with Gasteiger partial charge in [-0.15, -0.1) is 0 Å². The number of hydrogen-bond donors (Lipinski definition) is 0. The lowest BCUT2D eigenvalue weighted by Crippen LogP contribution is -2.43. The standard InChI is InChI=1S/C19H27NO2/c1-14-9-11-20(12-10-14)18(21)15(2)22-17-8-6-7-16(13-17)19(3,4)5/h6-8,13,15H,1,9-12H2,2-5H3. The van der Waals surface area contributed by atoms with Crippen LogP contribution in [0.4, 0.5) is 0 Å². The third-order valence-corrected chi connectivity index (χ3v) is 4.14. The summed E-state index contributed by atoms with van der Waals surface area (Å²) >= 11 is 0. The molecule has 0 aromatic heterocycles. The molecule has 1 aliphatic heterocycles. The number of carbonyl (C=O) groups is 1. The third-order valence-electron chi connectivity index (χ3n) is 4.14. The first-order valence-electron chi connectivity index (χ1n) is 8.00. The molecule has 0 bridgehead atoms. The van der Waals surface area contributed by atoms with Crippen LogP contribution >= 0.6 is 0 Å². The maximum Gasteiger partial charge on any atom is 0.263 e. The number of ether oxygens (including phenoxy) is 1. The monoisotopic (exact) mass is 301 g/mol. The van der Waals surface area contributed by atoms with Gasteiger partial charge in [0.2, 0.25) is 0 Å². The van der Waals surface area contributed by atoms with E-state index in [-0.39, 0.29) is 11.3 Å². The Morgan fingerprint density at radius 2 is 1.91 bits per heavy atom. The Hall–Kier alpha value is -1.77. The second-order valence-electron chi connectivity index (χ2n) is 7.11. The highest BCUT2D eigenvalue weighted by molar-refractivity contribution is 5.81. The van der Waals surface area contributed by atoms with Crippen LogP contribution in [0, 0.1) is 0 Å². The number of hydrogen-bond acceptors (Lipinski definition) is 2. The van der Waals surface area contributed by atoms with Gasteiger partial charge < -0.3 is 9.64 Å². The highest BCUT2D eigenvalue weighted by Crippen LogP contribution is 2.26. The molecule has 1 saturated heterocycles. The number of carbonyl (C=O) groups excluding carboxylic acids is 1. The smallest absolute Gasteiger partial charge is 0.263 e. The molecule has 0 N–H and O–H groups in total. The topological polar surface area (TPSA) is 29.5 Å². The molecule has 0 aliphatic carbocycles. The Balaban J connectivity index is 2.01. The quantitative estimate of drug-likeness (QED) is 0.792. The highest BCUT2D eigenvalue weighted by atomic mass is 16.5. The minimum atomic E-state index is -0.457. The van der Waals surface area contributed by atoms with Crippen LogP contribution in [0.25, 0.3) is 0 Å². The summed E-state index contributed by atoms with van der Waals surface area (Å²) in [6, 6.07) is 8.02. The average molecular weight is 301 g/mol. The molecule has 1 amide bonds. The maximum atomic E-state index is 12.5. The van der Waals surface area contributed by atoms with Crippen LogP contribution in [0.2, 0.25) is 0 Å². The normalized spacial score (nSPS) is 17.3. The van der Waals surface area contributed by atoms with Gasteiger partial charge in [-0.2, -0.15) is 0 Å². The van der Waals surface area contributed by atoms with E-state index in [0.717, 1.165) is 31.7 Å². The second-order valence-corrected chi connectivity index (χ2v) is 7.11. The molecule has 1 aromatic rings. The Morgan fingerprint density at radius 1 is 1.27 bits per heavy atom. The minimum absolute atomic E-state index is 0.0636. The number of nitrogens with zero attached hydrogens (tertiary/aromatic N) is 1. The molecule has 1 unspecified atom stereocenters. The van der Waals surface area contributed by atoms with Gasteiger partial charge in [-0.25, -0.2) is 0 Å². The summed E-state index contributed by atoms with van der Waals surface area (Å²) < 4.78 is 5.88. The van der Waals surface area contributed by atoms with Crippen LogP contribution in [-0.2, 0) is 10.2 Å². The summed E-state index contributed by atoms with van der Waals surface area (Å²) in [5.41, 5.74) is 2.51. The first kappa shape index (κ1) is 16.6. The highest BCUT2D eigenvalue weighted by Gasteiger charge is 2.24. The van der Waals surface area contributed by atoms with Gasteiger partial charge in [-0.05, 0) is 42.9 Å². The Labute approximate surface area is 134 Å². The fourth-order valence-corrected chi connectivity index (χ4v) is 2.59. The molecule has 0 spiro atoms. The summed E-state index contributed by atoms with van der Waals surface area (Å²) in [6.07, 6.45) is 1.34. The predicted molar refractivity (Wildman–Crippen MR) is 90.2 cm³/mol. The van der Waals surface area contributed by atoms with E-state index in [2.05, 4.69) is 33.4 Å². The first-order chi connectivity index (χ1) is 10.3. The van der Waals surface area contributed by atoms with Crippen molar-refractivity contribution in [3.63, 3.8) is 0 Å². The number of amides is 1. The van der Waals surface area contributed by atoms with Gasteiger partial charge in [0.1, 0.15) is 5.75 Å². The van der Waals surface area contributed by atoms with E-state index in [1.807, 2.05) is 30.0 Å². The van der Waals surface area contributed by atoms with Crippen molar-refractivity contribution < 1.29 is 9.53 Å². The number of piperidine rings is 1. The molecule has 3 nitrogen and oxygen atoms in total. The average Bonchev–Trinajstić information content (AvgIpc) is 2.46. The maximum absolute atomic E-state index is 12.5. The summed E-state index contributed by atoms with van der Waals surface area (Å²) in [7, 11) is 0. The molecular weight excluding hydrogens is 274 g/mol. The van der Waals surface area contributed by atoms with Crippen LogP contribution in [0.1, 0.15) is 46.1 Å². The van der Waals surface area contributed by atoms with Crippen molar-refractivity contribution in [1.82, 2.24) is 4.90 Å². The van der Waals surface area contributed by atoms with Crippen LogP contribution in [-0.4, -0.2) is 30.0 Å². The molecular formula is C19H27NO2. The lowest BCUT2D eigenvalue weighted by atomic mass is 9.87. The fraction of sp³-hybridized carbons (Fsp3) is 0.526. The van der Waals surface area contributed by atoms with E-state index in [1.54, 1.807) is 0 Å². The fourth-order valence-electron chi connectivity index (χ4n) is 2.59. The van der Waals surface area contributed by atoms with Crippen molar-refractivity contribution in [2.45, 2.75) is 52.1 Å².